The molecule has 1 aromatic carbocycles. The number of rotatable bonds is 4. The van der Waals surface area contributed by atoms with E-state index in [1.54, 1.807) is 0 Å². The number of aryl methyl sites for hydroxylation is 1. The summed E-state index contributed by atoms with van der Waals surface area (Å²) in [5, 5.41) is 10.4. The Morgan fingerprint density at radius 1 is 1.07 bits per heavy atom. The van der Waals surface area contributed by atoms with Gasteiger partial charge in [-0.2, -0.15) is 0 Å². The van der Waals surface area contributed by atoms with E-state index in [2.05, 4.69) is 0 Å². The summed E-state index contributed by atoms with van der Waals surface area (Å²) in [4.78, 5) is 51.0. The highest BCUT2D eigenvalue weighted by molar-refractivity contribution is 5.89. The van der Waals surface area contributed by atoms with Gasteiger partial charge in [-0.05, 0) is 62.5 Å². The third-order valence-corrected chi connectivity index (χ3v) is 9.19. The molecule has 1 aromatic heterocycles. The van der Waals surface area contributed by atoms with Crippen LogP contribution < -0.4 is 9.47 Å². The van der Waals surface area contributed by atoms with E-state index in [1.165, 1.54) is 4.90 Å². The Morgan fingerprint density at radius 2 is 1.86 bits per heavy atom. The third kappa shape index (κ3) is 6.88. The van der Waals surface area contributed by atoms with Crippen LogP contribution in [0.15, 0.2) is 18.2 Å². The van der Waals surface area contributed by atoms with Crippen LogP contribution in [0.1, 0.15) is 85.3 Å². The summed E-state index contributed by atoms with van der Waals surface area (Å²) in [6.45, 7) is 10.1. The Kier molecular flexibility index (Phi) is 9.13. The number of aliphatic carboxylic acids is 1. The molecule has 1 aliphatic carbocycles. The number of nitrogens with zero attached hydrogens (tertiary/aromatic N) is 3. The molecule has 2 aliphatic heterocycles. The fourth-order valence-corrected chi connectivity index (χ4v) is 6.63. The normalized spacial score (nSPS) is 28.6. The van der Waals surface area contributed by atoms with Crippen LogP contribution in [-0.4, -0.2) is 69.2 Å². The van der Waals surface area contributed by atoms with Gasteiger partial charge in [0.25, 0.3) is 0 Å². The average molecular weight is 596 g/mol. The van der Waals surface area contributed by atoms with Gasteiger partial charge in [-0.25, -0.2) is 14.8 Å². The number of carbonyl (C=O) groups excluding carboxylic acids is 2. The maximum atomic E-state index is 14.1. The molecular formula is C33H45N3O7. The smallest absolute Gasteiger partial charge is 0.326 e. The lowest BCUT2D eigenvalue weighted by Gasteiger charge is -2.34. The number of benzene rings is 1. The van der Waals surface area contributed by atoms with Gasteiger partial charge >= 0.3 is 11.9 Å². The molecule has 10 nitrogen and oxygen atoms in total. The van der Waals surface area contributed by atoms with Crippen LogP contribution in [0.5, 0.6) is 11.6 Å². The molecule has 1 N–H and O–H groups in total. The molecule has 2 fully saturated rings. The van der Waals surface area contributed by atoms with Crippen LogP contribution in [0.2, 0.25) is 0 Å². The van der Waals surface area contributed by atoms with E-state index in [0.717, 1.165) is 43.3 Å². The maximum Gasteiger partial charge on any atom is 0.326 e. The predicted octanol–water partition coefficient (Wildman–Crippen LogP) is 5.20. The van der Waals surface area contributed by atoms with Gasteiger partial charge in [0, 0.05) is 12.0 Å². The van der Waals surface area contributed by atoms with Crippen molar-refractivity contribution in [2.24, 2.45) is 23.2 Å². The third-order valence-electron chi connectivity index (χ3n) is 9.19. The lowest BCUT2D eigenvalue weighted by molar-refractivity contribution is -0.157. The summed E-state index contributed by atoms with van der Waals surface area (Å²) in [6.07, 6.45) is 5.11. The number of carboxylic acids is 1. The average Bonchev–Trinajstić information content (AvgIpc) is 3.56. The van der Waals surface area contributed by atoms with Crippen molar-refractivity contribution in [3.63, 3.8) is 0 Å². The monoisotopic (exact) mass is 595 g/mol. The second kappa shape index (κ2) is 12.7. The minimum atomic E-state index is -1.08. The van der Waals surface area contributed by atoms with Gasteiger partial charge in [0.05, 0.1) is 36.5 Å². The van der Waals surface area contributed by atoms with Crippen molar-refractivity contribution in [2.45, 2.75) is 104 Å². The highest BCUT2D eigenvalue weighted by Crippen LogP contribution is 2.41. The summed E-state index contributed by atoms with van der Waals surface area (Å²) in [5.41, 5.74) is 1.52. The highest BCUT2D eigenvalue weighted by Gasteiger charge is 2.51. The molecule has 234 valence electrons. The van der Waals surface area contributed by atoms with Crippen molar-refractivity contribution in [3.8, 4) is 11.6 Å². The summed E-state index contributed by atoms with van der Waals surface area (Å²) < 4.78 is 18.0. The summed E-state index contributed by atoms with van der Waals surface area (Å²) in [6, 6.07) is 4.53. The number of carbonyl (C=O) groups is 3. The second-order valence-corrected chi connectivity index (χ2v) is 13.3. The van der Waals surface area contributed by atoms with Crippen molar-refractivity contribution in [3.05, 3.63) is 23.9 Å². The Labute approximate surface area is 253 Å². The highest BCUT2D eigenvalue weighted by atomic mass is 16.5. The summed E-state index contributed by atoms with van der Waals surface area (Å²) in [5.74, 6) is -1.63. The summed E-state index contributed by atoms with van der Waals surface area (Å²) >= 11 is 0. The van der Waals surface area contributed by atoms with Crippen LogP contribution in [0.25, 0.3) is 11.0 Å². The molecule has 6 atom stereocenters. The van der Waals surface area contributed by atoms with Crippen LogP contribution in [0, 0.1) is 23.2 Å². The second-order valence-electron chi connectivity index (χ2n) is 13.3. The minimum absolute atomic E-state index is 0.0821. The van der Waals surface area contributed by atoms with Crippen LogP contribution >= 0.6 is 0 Å². The quantitative estimate of drug-likeness (QED) is 0.475. The largest absolute Gasteiger partial charge is 0.494 e. The number of ether oxygens (including phenoxy) is 3. The first-order valence-electron chi connectivity index (χ1n) is 15.8. The molecule has 0 radical (unpaired) electrons. The molecular weight excluding hydrogens is 550 g/mol. The van der Waals surface area contributed by atoms with Gasteiger partial charge in [0.1, 0.15) is 29.7 Å². The molecule has 2 aromatic rings. The Balaban J connectivity index is 1.53. The molecule has 1 saturated heterocycles. The molecule has 0 unspecified atom stereocenters. The van der Waals surface area contributed by atoms with E-state index in [9.17, 15) is 19.5 Å². The molecule has 1 saturated carbocycles. The van der Waals surface area contributed by atoms with Gasteiger partial charge in [-0.3, -0.25) is 9.59 Å². The van der Waals surface area contributed by atoms with Crippen molar-refractivity contribution >= 4 is 28.9 Å². The van der Waals surface area contributed by atoms with Crippen LogP contribution in [-0.2, 0) is 25.5 Å². The van der Waals surface area contributed by atoms with Crippen LogP contribution in [0.3, 0.4) is 0 Å². The van der Waals surface area contributed by atoms with Crippen molar-refractivity contribution in [1.29, 1.82) is 0 Å². The number of hydrogen-bond acceptors (Lipinski definition) is 8. The van der Waals surface area contributed by atoms with Crippen LogP contribution in [0.4, 0.5) is 0 Å². The number of amides is 1. The van der Waals surface area contributed by atoms with E-state index in [1.807, 2.05) is 52.8 Å². The van der Waals surface area contributed by atoms with Gasteiger partial charge < -0.3 is 24.2 Å². The molecule has 10 heteroatoms. The molecule has 2 bridgehead atoms. The van der Waals surface area contributed by atoms with Gasteiger partial charge in [-0.1, -0.05) is 40.5 Å². The van der Waals surface area contributed by atoms with E-state index in [4.69, 9.17) is 24.2 Å². The standard InChI is InChI=1S/C33H45N3O7/c1-6-21-27-18-36(29(21)32(39)40)31(38)22(33(3,4)5)17-28(37)42-26-15-19(26)11-9-8-10-12-24-30(43-27)35-25-16-20(41-7-2)13-14-23(25)34-24/h13-14,16,19,21-22,26-27,29H,6-12,15,17-18H2,1-5H3,(H,39,40)/t19-,21-,22-,26-,27+,29+/m1/s1. The Bertz CT molecular complexity index is 1360. The van der Waals surface area contributed by atoms with E-state index in [0.29, 0.717) is 42.5 Å². The molecule has 3 heterocycles. The first-order valence-corrected chi connectivity index (χ1v) is 15.8. The predicted molar refractivity (Wildman–Crippen MR) is 160 cm³/mol. The van der Waals surface area contributed by atoms with Gasteiger partial charge in [0.15, 0.2) is 0 Å². The van der Waals surface area contributed by atoms with E-state index < -0.39 is 41.3 Å². The first-order chi connectivity index (χ1) is 20.5. The Hall–Kier alpha value is -3.43. The molecule has 0 spiro atoms. The Morgan fingerprint density at radius 3 is 2.56 bits per heavy atom. The van der Waals surface area contributed by atoms with Crippen molar-refractivity contribution in [2.75, 3.05) is 13.2 Å². The number of carboxylic acid groups (broad SMARTS) is 1. The minimum Gasteiger partial charge on any atom is -0.494 e. The number of hydrogen-bond donors (Lipinski definition) is 1. The fraction of sp³-hybridized carbons (Fsp3) is 0.667. The zero-order valence-electron chi connectivity index (χ0n) is 26.0. The number of esters is 1. The molecule has 1 amide bonds. The van der Waals surface area contributed by atoms with E-state index >= 15 is 0 Å². The van der Waals surface area contributed by atoms with E-state index in [-0.39, 0.29) is 25.0 Å². The topological polar surface area (TPSA) is 128 Å². The zero-order valence-corrected chi connectivity index (χ0v) is 26.0. The lowest BCUT2D eigenvalue weighted by Crippen LogP contribution is -2.48. The van der Waals surface area contributed by atoms with Crippen molar-refractivity contribution < 1.29 is 33.7 Å². The molecule has 43 heavy (non-hydrogen) atoms. The van der Waals surface area contributed by atoms with Gasteiger partial charge in [0.2, 0.25) is 11.8 Å². The maximum absolute atomic E-state index is 14.1. The number of aromatic nitrogens is 2. The SMILES string of the molecule is CCOc1ccc2nc3c(nc2c1)O[C@H]1CN(C(=O)[C@H](C(C)(C)C)CC(=O)O[C@@H]2C[C@H]2CCCCC3)[C@H](C(=O)O)[C@@H]1CC. The molecule has 5 rings (SSSR count). The van der Waals surface area contributed by atoms with Crippen molar-refractivity contribution in [1.82, 2.24) is 14.9 Å². The lowest BCUT2D eigenvalue weighted by atomic mass is 9.77. The first kappa shape index (κ1) is 31.0. The number of fused-ring (bicyclic) bond motifs is 5. The zero-order chi connectivity index (χ0) is 30.9. The summed E-state index contributed by atoms with van der Waals surface area (Å²) in [7, 11) is 0. The fourth-order valence-electron chi connectivity index (χ4n) is 6.63. The van der Waals surface area contributed by atoms with Gasteiger partial charge in [-0.15, -0.1) is 0 Å². The molecule has 3 aliphatic rings.